The zero-order valence-corrected chi connectivity index (χ0v) is 10.1. The lowest BCUT2D eigenvalue weighted by Gasteiger charge is -2.22. The van der Waals surface area contributed by atoms with Crippen LogP contribution in [0.3, 0.4) is 0 Å². The van der Waals surface area contributed by atoms with Gasteiger partial charge in [-0.25, -0.2) is 4.79 Å². The van der Waals surface area contributed by atoms with Crippen LogP contribution in [0.4, 0.5) is 0 Å². The van der Waals surface area contributed by atoms with Gasteiger partial charge in [-0.1, -0.05) is 0 Å². The normalized spacial score (nSPS) is 15.3. The number of rotatable bonds is 5. The number of carboxylic acid groups (broad SMARTS) is 1. The molecule has 0 unspecified atom stereocenters. The van der Waals surface area contributed by atoms with Gasteiger partial charge >= 0.3 is 5.97 Å². The maximum Gasteiger partial charge on any atom is 0.328 e. The molecule has 0 aliphatic rings. The van der Waals surface area contributed by atoms with Crippen LogP contribution < -0.4 is 10.6 Å². The lowest BCUT2D eigenvalue weighted by Crippen LogP contribution is -2.51. The summed E-state index contributed by atoms with van der Waals surface area (Å²) in [6, 6.07) is -1.27. The van der Waals surface area contributed by atoms with Crippen molar-refractivity contribution >= 4 is 11.9 Å². The predicted octanol–water partition coefficient (Wildman–Crippen LogP) is -0.675. The summed E-state index contributed by atoms with van der Waals surface area (Å²) in [6.45, 7) is 7.01. The first-order valence-electron chi connectivity index (χ1n) is 5.09. The number of nitrogens with one attached hydrogen (secondary N) is 2. The summed E-state index contributed by atoms with van der Waals surface area (Å²) >= 11 is 0. The summed E-state index contributed by atoms with van der Waals surface area (Å²) in [5.74, 6) is -1.71. The first-order chi connectivity index (χ1) is 7.13. The van der Waals surface area contributed by atoms with Gasteiger partial charge in [0.1, 0.15) is 0 Å². The lowest BCUT2D eigenvalue weighted by atomic mass is 10.1. The second kappa shape index (κ2) is 5.81. The van der Waals surface area contributed by atoms with Crippen LogP contribution in [0.5, 0.6) is 0 Å². The summed E-state index contributed by atoms with van der Waals surface area (Å²) in [6.07, 6.45) is -1.13. The summed E-state index contributed by atoms with van der Waals surface area (Å²) in [5, 5.41) is 23.0. The van der Waals surface area contributed by atoms with Gasteiger partial charge < -0.3 is 20.8 Å². The molecule has 0 heterocycles. The van der Waals surface area contributed by atoms with Crippen molar-refractivity contribution in [2.24, 2.45) is 0 Å². The molecule has 0 aromatic heterocycles. The van der Waals surface area contributed by atoms with Crippen molar-refractivity contribution in [3.05, 3.63) is 0 Å². The van der Waals surface area contributed by atoms with Gasteiger partial charge in [0.15, 0.2) is 6.04 Å². The average Bonchev–Trinajstić information content (AvgIpc) is 2.08. The van der Waals surface area contributed by atoms with E-state index in [2.05, 4.69) is 10.6 Å². The Labute approximate surface area is 95.0 Å². The van der Waals surface area contributed by atoms with Gasteiger partial charge in [-0.05, 0) is 27.7 Å². The van der Waals surface area contributed by atoms with Gasteiger partial charge in [0.05, 0.1) is 12.6 Å². The lowest BCUT2D eigenvalue weighted by molar-refractivity contribution is -0.144. The Morgan fingerprint density at radius 3 is 2.12 bits per heavy atom. The molecule has 16 heavy (non-hydrogen) atoms. The first-order valence-corrected chi connectivity index (χ1v) is 5.09. The summed E-state index contributed by atoms with van der Waals surface area (Å²) in [7, 11) is 0. The molecule has 0 aromatic carbocycles. The fraction of sp³-hybridized carbons (Fsp3) is 0.800. The van der Waals surface area contributed by atoms with E-state index in [1.165, 1.54) is 6.92 Å². The SMILES string of the molecule is C[C@@H](O)[C@H](NC(=O)CNC(C)(C)C)C(=O)O. The molecule has 2 atom stereocenters. The second-order valence-corrected chi connectivity index (χ2v) is 4.73. The highest BCUT2D eigenvalue weighted by atomic mass is 16.4. The molecule has 6 nitrogen and oxygen atoms in total. The third-order valence-electron chi connectivity index (χ3n) is 1.84. The Kier molecular flexibility index (Phi) is 5.40. The highest BCUT2D eigenvalue weighted by Gasteiger charge is 2.25. The third kappa shape index (κ3) is 6.36. The Morgan fingerprint density at radius 2 is 1.81 bits per heavy atom. The molecule has 0 aromatic rings. The molecule has 4 N–H and O–H groups in total. The molecular formula is C10H20N2O4. The van der Waals surface area contributed by atoms with Gasteiger partial charge in [-0.15, -0.1) is 0 Å². The van der Waals surface area contributed by atoms with E-state index in [0.717, 1.165) is 0 Å². The maximum absolute atomic E-state index is 11.4. The minimum Gasteiger partial charge on any atom is -0.480 e. The van der Waals surface area contributed by atoms with E-state index in [4.69, 9.17) is 10.2 Å². The highest BCUT2D eigenvalue weighted by Crippen LogP contribution is 1.97. The number of aliphatic hydroxyl groups is 1. The van der Waals surface area contributed by atoms with Crippen molar-refractivity contribution in [1.82, 2.24) is 10.6 Å². The van der Waals surface area contributed by atoms with E-state index in [1.807, 2.05) is 20.8 Å². The van der Waals surface area contributed by atoms with Crippen LogP contribution in [-0.4, -0.2) is 46.3 Å². The molecule has 0 saturated carbocycles. The smallest absolute Gasteiger partial charge is 0.328 e. The van der Waals surface area contributed by atoms with Crippen LogP contribution in [0.25, 0.3) is 0 Å². The molecule has 1 amide bonds. The molecular weight excluding hydrogens is 212 g/mol. The first kappa shape index (κ1) is 14.9. The van der Waals surface area contributed by atoms with Crippen molar-refractivity contribution < 1.29 is 19.8 Å². The summed E-state index contributed by atoms with van der Waals surface area (Å²) < 4.78 is 0. The van der Waals surface area contributed by atoms with E-state index in [9.17, 15) is 9.59 Å². The van der Waals surface area contributed by atoms with E-state index in [1.54, 1.807) is 0 Å². The molecule has 0 aliphatic heterocycles. The number of carbonyl (C=O) groups is 2. The molecule has 0 aliphatic carbocycles. The van der Waals surface area contributed by atoms with Crippen molar-refractivity contribution in [3.8, 4) is 0 Å². The van der Waals surface area contributed by atoms with Crippen molar-refractivity contribution in [2.45, 2.75) is 45.4 Å². The van der Waals surface area contributed by atoms with Crippen LogP contribution in [-0.2, 0) is 9.59 Å². The number of hydrogen-bond donors (Lipinski definition) is 4. The van der Waals surface area contributed by atoms with Crippen LogP contribution in [0.1, 0.15) is 27.7 Å². The molecule has 0 spiro atoms. The predicted molar refractivity (Wildman–Crippen MR) is 59.0 cm³/mol. The van der Waals surface area contributed by atoms with Crippen LogP contribution >= 0.6 is 0 Å². The van der Waals surface area contributed by atoms with Crippen LogP contribution in [0, 0.1) is 0 Å². The Hall–Kier alpha value is -1.14. The van der Waals surface area contributed by atoms with Crippen molar-refractivity contribution in [1.29, 1.82) is 0 Å². The topological polar surface area (TPSA) is 98.7 Å². The number of carboxylic acids is 1. The van der Waals surface area contributed by atoms with Crippen molar-refractivity contribution in [3.63, 3.8) is 0 Å². The van der Waals surface area contributed by atoms with E-state index >= 15 is 0 Å². The maximum atomic E-state index is 11.4. The quantitative estimate of drug-likeness (QED) is 0.503. The van der Waals surface area contributed by atoms with Gasteiger partial charge in [-0.2, -0.15) is 0 Å². The largest absolute Gasteiger partial charge is 0.480 e. The van der Waals surface area contributed by atoms with Crippen LogP contribution in [0.2, 0.25) is 0 Å². The number of aliphatic carboxylic acids is 1. The third-order valence-corrected chi connectivity index (χ3v) is 1.84. The fourth-order valence-corrected chi connectivity index (χ4v) is 0.959. The van der Waals surface area contributed by atoms with E-state index in [0.29, 0.717) is 0 Å². The van der Waals surface area contributed by atoms with Gasteiger partial charge in [-0.3, -0.25) is 4.79 Å². The zero-order chi connectivity index (χ0) is 12.9. The van der Waals surface area contributed by atoms with Crippen molar-refractivity contribution in [2.75, 3.05) is 6.54 Å². The molecule has 94 valence electrons. The van der Waals surface area contributed by atoms with Gasteiger partial charge in [0, 0.05) is 5.54 Å². The molecule has 0 bridgehead atoms. The molecule has 0 saturated heterocycles. The molecule has 6 heteroatoms. The Morgan fingerprint density at radius 1 is 1.31 bits per heavy atom. The summed E-state index contributed by atoms with van der Waals surface area (Å²) in [4.78, 5) is 22.0. The highest BCUT2D eigenvalue weighted by molar-refractivity contribution is 5.85. The molecule has 0 radical (unpaired) electrons. The Bertz CT molecular complexity index is 258. The molecule has 0 fully saturated rings. The minimum atomic E-state index is -1.27. The standard InChI is InChI=1S/C10H20N2O4/c1-6(13)8(9(15)16)12-7(14)5-11-10(2,3)4/h6,8,11,13H,5H2,1-4H3,(H,12,14)(H,15,16)/t6-,8+/m1/s1. The van der Waals surface area contributed by atoms with E-state index in [-0.39, 0.29) is 12.1 Å². The monoisotopic (exact) mass is 232 g/mol. The van der Waals surface area contributed by atoms with Crippen LogP contribution in [0.15, 0.2) is 0 Å². The average molecular weight is 232 g/mol. The second-order valence-electron chi connectivity index (χ2n) is 4.73. The van der Waals surface area contributed by atoms with Gasteiger partial charge in [0.25, 0.3) is 0 Å². The minimum absolute atomic E-state index is 0.0139. The van der Waals surface area contributed by atoms with Gasteiger partial charge in [0.2, 0.25) is 5.91 Å². The Balaban J connectivity index is 4.17. The number of hydrogen-bond acceptors (Lipinski definition) is 4. The number of aliphatic hydroxyl groups excluding tert-OH is 1. The van der Waals surface area contributed by atoms with E-state index < -0.39 is 24.0 Å². The summed E-state index contributed by atoms with van der Waals surface area (Å²) in [5.41, 5.74) is -0.221. The molecule has 0 rings (SSSR count). The number of carbonyl (C=O) groups excluding carboxylic acids is 1. The number of amides is 1. The fourth-order valence-electron chi connectivity index (χ4n) is 0.959. The zero-order valence-electron chi connectivity index (χ0n) is 10.1.